The topological polar surface area (TPSA) is 76.1 Å². The first-order chi connectivity index (χ1) is 13.9. The van der Waals surface area contributed by atoms with Crippen LogP contribution in [0.3, 0.4) is 0 Å². The summed E-state index contributed by atoms with van der Waals surface area (Å²) in [7, 11) is -3.25. The summed E-state index contributed by atoms with van der Waals surface area (Å²) in [5.74, 6) is 1.21. The molecule has 29 heavy (non-hydrogen) atoms. The van der Waals surface area contributed by atoms with Crippen molar-refractivity contribution in [2.75, 3.05) is 29.7 Å². The number of hydrogen-bond donors (Lipinski definition) is 0. The van der Waals surface area contributed by atoms with E-state index in [1.54, 1.807) is 29.2 Å². The highest BCUT2D eigenvalue weighted by atomic mass is 35.5. The summed E-state index contributed by atoms with van der Waals surface area (Å²) in [6.45, 7) is 0.790. The summed E-state index contributed by atoms with van der Waals surface area (Å²) >= 11 is 6.10. The fraction of sp³-hybridized carbons (Fsp3) is 0.350. The van der Waals surface area contributed by atoms with E-state index in [1.807, 2.05) is 23.1 Å². The largest absolute Gasteiger partial charge is 0.454 e. The van der Waals surface area contributed by atoms with Gasteiger partial charge >= 0.3 is 0 Å². The molecule has 0 bridgehead atoms. The van der Waals surface area contributed by atoms with Crippen LogP contribution in [0.2, 0.25) is 5.02 Å². The van der Waals surface area contributed by atoms with E-state index in [4.69, 9.17) is 21.1 Å². The quantitative estimate of drug-likeness (QED) is 0.736. The molecule has 7 nitrogen and oxygen atoms in total. The van der Waals surface area contributed by atoms with Crippen LogP contribution < -0.4 is 14.4 Å². The van der Waals surface area contributed by atoms with Crippen molar-refractivity contribution in [3.05, 3.63) is 53.1 Å². The number of amides is 1. The van der Waals surface area contributed by atoms with Crippen LogP contribution in [0.1, 0.15) is 5.56 Å². The van der Waals surface area contributed by atoms with Crippen LogP contribution in [0.5, 0.6) is 11.5 Å². The molecule has 152 valence electrons. The molecule has 3 aliphatic rings. The summed E-state index contributed by atoms with van der Waals surface area (Å²) in [5, 5.41) is 0.510. The average molecular weight is 435 g/mol. The maximum absolute atomic E-state index is 13.0. The number of benzene rings is 2. The van der Waals surface area contributed by atoms with Gasteiger partial charge in [-0.1, -0.05) is 23.7 Å². The van der Waals surface area contributed by atoms with Gasteiger partial charge in [0.25, 0.3) is 0 Å². The Balaban J connectivity index is 1.46. The third kappa shape index (κ3) is 3.45. The van der Waals surface area contributed by atoms with Gasteiger partial charge in [0.05, 0.1) is 24.1 Å². The Labute approximate surface area is 173 Å². The fourth-order valence-corrected chi connectivity index (χ4v) is 6.53. The Morgan fingerprint density at radius 1 is 1.03 bits per heavy atom. The minimum atomic E-state index is -3.25. The highest BCUT2D eigenvalue weighted by Crippen LogP contribution is 2.36. The third-order valence-corrected chi connectivity index (χ3v) is 7.54. The van der Waals surface area contributed by atoms with Crippen molar-refractivity contribution in [2.24, 2.45) is 0 Å². The molecule has 3 aliphatic heterocycles. The molecule has 2 aromatic rings. The number of rotatable bonds is 3. The Morgan fingerprint density at radius 2 is 1.83 bits per heavy atom. The molecule has 0 radical (unpaired) electrons. The number of piperazine rings is 1. The molecule has 0 aliphatic carbocycles. The predicted octanol–water partition coefficient (Wildman–Crippen LogP) is 2.08. The Bertz CT molecular complexity index is 1090. The number of carbonyl (C=O) groups excluding carboxylic acids is 1. The van der Waals surface area contributed by atoms with Crippen molar-refractivity contribution in [3.8, 4) is 11.5 Å². The van der Waals surface area contributed by atoms with E-state index in [2.05, 4.69) is 0 Å². The van der Waals surface area contributed by atoms with Gasteiger partial charge in [0, 0.05) is 23.3 Å². The average Bonchev–Trinajstić information content (AvgIpc) is 3.24. The molecule has 0 spiro atoms. The number of hydrogen-bond acceptors (Lipinski definition) is 6. The van der Waals surface area contributed by atoms with Crippen molar-refractivity contribution < 1.29 is 22.7 Å². The molecule has 2 fully saturated rings. The molecule has 3 heterocycles. The minimum absolute atomic E-state index is 0.0343. The molecular formula is C20H19ClN2O5S. The number of nitrogens with zero attached hydrogens (tertiary/aromatic N) is 2. The lowest BCUT2D eigenvalue weighted by Crippen LogP contribution is -2.61. The lowest BCUT2D eigenvalue weighted by atomic mass is 10.0. The van der Waals surface area contributed by atoms with Gasteiger partial charge in [0.15, 0.2) is 21.3 Å². The molecular weight excluding hydrogens is 416 g/mol. The summed E-state index contributed by atoms with van der Waals surface area (Å²) in [4.78, 5) is 16.6. The molecule has 0 saturated carbocycles. The molecule has 0 N–H and O–H groups in total. The van der Waals surface area contributed by atoms with Crippen LogP contribution in [0, 0.1) is 0 Å². The van der Waals surface area contributed by atoms with Gasteiger partial charge in [-0.25, -0.2) is 8.42 Å². The van der Waals surface area contributed by atoms with Gasteiger partial charge in [0.2, 0.25) is 12.7 Å². The van der Waals surface area contributed by atoms with Crippen molar-refractivity contribution in [2.45, 2.75) is 18.6 Å². The SMILES string of the molecule is O=C1CN(Cc2ccc3c(c2)OCO3)[C@H]2CS(=O)(=O)C[C@H]2N1c1cccc(Cl)c1. The van der Waals surface area contributed by atoms with E-state index in [1.165, 1.54) is 0 Å². The van der Waals surface area contributed by atoms with Gasteiger partial charge in [-0.05, 0) is 35.9 Å². The third-order valence-electron chi connectivity index (χ3n) is 5.61. The lowest BCUT2D eigenvalue weighted by Gasteiger charge is -2.43. The fourth-order valence-electron chi connectivity index (χ4n) is 4.37. The van der Waals surface area contributed by atoms with Crippen LogP contribution in [0.15, 0.2) is 42.5 Å². The van der Waals surface area contributed by atoms with Gasteiger partial charge < -0.3 is 14.4 Å². The van der Waals surface area contributed by atoms with E-state index >= 15 is 0 Å². The standard InChI is InChI=1S/C20H19ClN2O5S/c21-14-2-1-3-15(7-14)23-17-11-29(25,26)10-16(17)22(9-20(23)24)8-13-4-5-18-19(6-13)28-12-27-18/h1-7,16-17H,8-12H2/t16-,17+/m0/s1. The molecule has 5 rings (SSSR count). The monoisotopic (exact) mass is 434 g/mol. The second-order valence-electron chi connectivity index (χ2n) is 7.55. The first-order valence-electron chi connectivity index (χ1n) is 9.30. The minimum Gasteiger partial charge on any atom is -0.454 e. The van der Waals surface area contributed by atoms with E-state index in [9.17, 15) is 13.2 Å². The van der Waals surface area contributed by atoms with Crippen molar-refractivity contribution in [1.29, 1.82) is 0 Å². The number of ether oxygens (including phenoxy) is 2. The first kappa shape index (κ1) is 18.7. The number of fused-ring (bicyclic) bond motifs is 2. The molecule has 9 heteroatoms. The van der Waals surface area contributed by atoms with E-state index in [0.29, 0.717) is 28.8 Å². The lowest BCUT2D eigenvalue weighted by molar-refractivity contribution is -0.123. The molecule has 2 saturated heterocycles. The highest BCUT2D eigenvalue weighted by Gasteiger charge is 2.49. The zero-order valence-corrected chi connectivity index (χ0v) is 17.0. The van der Waals surface area contributed by atoms with E-state index in [0.717, 1.165) is 5.56 Å². The number of halogens is 1. The van der Waals surface area contributed by atoms with Crippen LogP contribution in [0.4, 0.5) is 5.69 Å². The second-order valence-corrected chi connectivity index (χ2v) is 10.1. The Morgan fingerprint density at radius 3 is 2.66 bits per heavy atom. The van der Waals surface area contributed by atoms with Crippen LogP contribution >= 0.6 is 11.6 Å². The Hall–Kier alpha value is -2.29. The molecule has 2 atom stereocenters. The number of carbonyl (C=O) groups is 1. The van der Waals surface area contributed by atoms with Crippen molar-refractivity contribution >= 4 is 33.0 Å². The molecule has 2 aromatic carbocycles. The maximum atomic E-state index is 13.0. The van der Waals surface area contributed by atoms with Crippen LogP contribution in [0.25, 0.3) is 0 Å². The molecule has 1 amide bonds. The smallest absolute Gasteiger partial charge is 0.241 e. The summed E-state index contributed by atoms with van der Waals surface area (Å²) < 4.78 is 35.7. The van der Waals surface area contributed by atoms with E-state index in [-0.39, 0.29) is 36.8 Å². The first-order valence-corrected chi connectivity index (χ1v) is 11.5. The van der Waals surface area contributed by atoms with Crippen molar-refractivity contribution in [3.63, 3.8) is 0 Å². The summed E-state index contributed by atoms with van der Waals surface area (Å²) in [6.07, 6.45) is 0. The molecule has 0 aromatic heterocycles. The molecule has 0 unspecified atom stereocenters. The van der Waals surface area contributed by atoms with Gasteiger partial charge in [0.1, 0.15) is 0 Å². The van der Waals surface area contributed by atoms with Gasteiger partial charge in [-0.3, -0.25) is 9.69 Å². The summed E-state index contributed by atoms with van der Waals surface area (Å²) in [6, 6.07) is 11.9. The Kier molecular flexibility index (Phi) is 4.45. The van der Waals surface area contributed by atoms with Gasteiger partial charge in [-0.15, -0.1) is 0 Å². The predicted molar refractivity (Wildman–Crippen MR) is 108 cm³/mol. The van der Waals surface area contributed by atoms with Crippen molar-refractivity contribution in [1.82, 2.24) is 4.90 Å². The maximum Gasteiger partial charge on any atom is 0.241 e. The highest BCUT2D eigenvalue weighted by molar-refractivity contribution is 7.91. The van der Waals surface area contributed by atoms with Crippen LogP contribution in [-0.2, 0) is 21.2 Å². The normalized spacial score (nSPS) is 25.3. The second kappa shape index (κ2) is 6.90. The van der Waals surface area contributed by atoms with Gasteiger partial charge in [-0.2, -0.15) is 0 Å². The number of anilines is 1. The zero-order valence-electron chi connectivity index (χ0n) is 15.5. The number of sulfone groups is 1. The van der Waals surface area contributed by atoms with E-state index < -0.39 is 15.9 Å². The zero-order chi connectivity index (χ0) is 20.2. The van der Waals surface area contributed by atoms with Crippen LogP contribution in [-0.4, -0.2) is 56.2 Å². The summed E-state index contributed by atoms with van der Waals surface area (Å²) in [5.41, 5.74) is 1.58.